The number of halogens is 2. The average Bonchev–Trinajstić information content (AvgIpc) is 3.20. The number of hydrogen-bond acceptors (Lipinski definition) is 6. The maximum Gasteiger partial charge on any atom is 0.236 e. The van der Waals surface area contributed by atoms with Gasteiger partial charge in [0.1, 0.15) is 0 Å². The first-order valence-electron chi connectivity index (χ1n) is 9.10. The Balaban J connectivity index is 1.63. The molecule has 2 heterocycles. The zero-order chi connectivity index (χ0) is 20.8. The maximum atomic E-state index is 12.3. The van der Waals surface area contributed by atoms with Gasteiger partial charge >= 0.3 is 0 Å². The SMILES string of the molecule is CCCCc1ccc(-n2nnnc2SCC(=O)Nc2ncc(Cl)c(C)c2Cl)cc1. The quantitative estimate of drug-likeness (QED) is 0.498. The summed E-state index contributed by atoms with van der Waals surface area (Å²) in [4.78, 5) is 16.4. The van der Waals surface area contributed by atoms with Crippen molar-refractivity contribution in [3.05, 3.63) is 51.6 Å². The van der Waals surface area contributed by atoms with Gasteiger partial charge in [-0.3, -0.25) is 4.79 Å². The number of benzene rings is 1. The molecule has 2 aromatic heterocycles. The Morgan fingerprint density at radius 2 is 2.00 bits per heavy atom. The molecular formula is C19H20Cl2N6OS. The number of pyridine rings is 1. The van der Waals surface area contributed by atoms with Gasteiger partial charge in [-0.05, 0) is 53.5 Å². The van der Waals surface area contributed by atoms with E-state index < -0.39 is 0 Å². The molecule has 0 spiro atoms. The zero-order valence-corrected chi connectivity index (χ0v) is 18.4. The van der Waals surface area contributed by atoms with Crippen LogP contribution in [-0.2, 0) is 11.2 Å². The minimum atomic E-state index is -0.268. The smallest absolute Gasteiger partial charge is 0.236 e. The van der Waals surface area contributed by atoms with E-state index in [0.717, 1.165) is 24.9 Å². The fraction of sp³-hybridized carbons (Fsp3) is 0.316. The Hall–Kier alpha value is -2.16. The Morgan fingerprint density at radius 1 is 1.24 bits per heavy atom. The molecule has 0 aliphatic heterocycles. The summed E-state index contributed by atoms with van der Waals surface area (Å²) in [6.07, 6.45) is 4.82. The molecule has 1 N–H and O–H groups in total. The van der Waals surface area contributed by atoms with Gasteiger partial charge in [0, 0.05) is 6.20 Å². The van der Waals surface area contributed by atoms with E-state index in [1.54, 1.807) is 11.6 Å². The van der Waals surface area contributed by atoms with Crippen molar-refractivity contribution in [3.8, 4) is 5.69 Å². The van der Waals surface area contributed by atoms with Crippen molar-refractivity contribution >= 4 is 46.7 Å². The fourth-order valence-corrected chi connectivity index (χ4v) is 3.64. The van der Waals surface area contributed by atoms with Crippen molar-refractivity contribution in [1.29, 1.82) is 0 Å². The lowest BCUT2D eigenvalue weighted by molar-refractivity contribution is -0.113. The van der Waals surface area contributed by atoms with Gasteiger partial charge in [0.05, 0.1) is 21.5 Å². The lowest BCUT2D eigenvalue weighted by atomic mass is 10.1. The highest BCUT2D eigenvalue weighted by Gasteiger charge is 2.14. The van der Waals surface area contributed by atoms with Crippen molar-refractivity contribution in [3.63, 3.8) is 0 Å². The molecule has 0 unspecified atom stereocenters. The first-order valence-corrected chi connectivity index (χ1v) is 10.8. The van der Waals surface area contributed by atoms with Crippen LogP contribution < -0.4 is 5.32 Å². The monoisotopic (exact) mass is 450 g/mol. The Labute approximate surface area is 183 Å². The van der Waals surface area contributed by atoms with Crippen LogP contribution in [0.5, 0.6) is 0 Å². The zero-order valence-electron chi connectivity index (χ0n) is 16.0. The van der Waals surface area contributed by atoms with E-state index in [-0.39, 0.29) is 17.5 Å². The Morgan fingerprint density at radius 3 is 2.72 bits per heavy atom. The minimum absolute atomic E-state index is 0.106. The molecule has 0 aliphatic carbocycles. The largest absolute Gasteiger partial charge is 0.309 e. The van der Waals surface area contributed by atoms with Gasteiger partial charge < -0.3 is 5.32 Å². The van der Waals surface area contributed by atoms with Crippen LogP contribution in [0.15, 0.2) is 35.6 Å². The van der Waals surface area contributed by atoms with Crippen LogP contribution in [0.3, 0.4) is 0 Å². The van der Waals surface area contributed by atoms with Crippen molar-refractivity contribution in [2.45, 2.75) is 38.3 Å². The van der Waals surface area contributed by atoms with E-state index in [1.807, 2.05) is 12.1 Å². The number of rotatable bonds is 8. The molecule has 7 nitrogen and oxygen atoms in total. The summed E-state index contributed by atoms with van der Waals surface area (Å²) in [5, 5.41) is 15.8. The van der Waals surface area contributed by atoms with Gasteiger partial charge in [0.2, 0.25) is 11.1 Å². The van der Waals surface area contributed by atoms with Crippen molar-refractivity contribution in [2.24, 2.45) is 0 Å². The molecular weight excluding hydrogens is 431 g/mol. The molecule has 3 rings (SSSR count). The number of aromatic nitrogens is 5. The molecule has 0 fully saturated rings. The molecule has 0 radical (unpaired) electrons. The summed E-state index contributed by atoms with van der Waals surface area (Å²) >= 11 is 13.4. The molecule has 1 amide bonds. The number of carbonyl (C=O) groups excluding carboxylic acids is 1. The summed E-state index contributed by atoms with van der Waals surface area (Å²) < 4.78 is 1.61. The highest BCUT2D eigenvalue weighted by atomic mass is 35.5. The first kappa shape index (κ1) is 21.5. The third-order valence-electron chi connectivity index (χ3n) is 4.23. The Bertz CT molecular complexity index is 993. The highest BCUT2D eigenvalue weighted by molar-refractivity contribution is 7.99. The topological polar surface area (TPSA) is 85.6 Å². The molecule has 3 aromatic rings. The van der Waals surface area contributed by atoms with Gasteiger partial charge in [-0.2, -0.15) is 4.68 Å². The van der Waals surface area contributed by atoms with Gasteiger partial charge in [0.25, 0.3) is 0 Å². The average molecular weight is 451 g/mol. The second-order valence-corrected chi connectivity index (χ2v) is 8.10. The van der Waals surface area contributed by atoms with Gasteiger partial charge in [0.15, 0.2) is 5.82 Å². The predicted octanol–water partition coefficient (Wildman–Crippen LogP) is 4.75. The number of unbranched alkanes of at least 4 members (excludes halogenated alkanes) is 1. The number of hydrogen-bond donors (Lipinski definition) is 1. The molecule has 0 saturated carbocycles. The third-order valence-corrected chi connectivity index (χ3v) is 6.00. The second-order valence-electron chi connectivity index (χ2n) is 6.37. The summed E-state index contributed by atoms with van der Waals surface area (Å²) in [6, 6.07) is 8.10. The highest BCUT2D eigenvalue weighted by Crippen LogP contribution is 2.28. The van der Waals surface area contributed by atoms with Crippen LogP contribution in [0.2, 0.25) is 10.0 Å². The molecule has 0 bridgehead atoms. The van der Waals surface area contributed by atoms with Crippen LogP contribution in [0, 0.1) is 6.92 Å². The lowest BCUT2D eigenvalue weighted by Gasteiger charge is -2.09. The molecule has 29 heavy (non-hydrogen) atoms. The number of nitrogens with one attached hydrogen (secondary N) is 1. The van der Waals surface area contributed by atoms with E-state index in [2.05, 4.69) is 44.9 Å². The summed E-state index contributed by atoms with van der Waals surface area (Å²) in [7, 11) is 0. The molecule has 10 heteroatoms. The molecule has 0 atom stereocenters. The fourth-order valence-electron chi connectivity index (χ4n) is 2.56. The number of nitrogens with zero attached hydrogens (tertiary/aromatic N) is 5. The van der Waals surface area contributed by atoms with Crippen molar-refractivity contribution < 1.29 is 4.79 Å². The van der Waals surface area contributed by atoms with Crippen LogP contribution in [0.1, 0.15) is 30.9 Å². The lowest BCUT2D eigenvalue weighted by Crippen LogP contribution is -2.16. The summed E-state index contributed by atoms with van der Waals surface area (Å²) in [5.74, 6) is 0.117. The number of amides is 1. The molecule has 152 valence electrons. The van der Waals surface area contributed by atoms with Crippen LogP contribution in [0.25, 0.3) is 5.69 Å². The van der Waals surface area contributed by atoms with Crippen LogP contribution in [0.4, 0.5) is 5.82 Å². The van der Waals surface area contributed by atoms with Crippen LogP contribution >= 0.6 is 35.0 Å². The van der Waals surface area contributed by atoms with Crippen LogP contribution in [-0.4, -0.2) is 36.9 Å². The first-order chi connectivity index (χ1) is 14.0. The van der Waals surface area contributed by atoms with Crippen molar-refractivity contribution in [2.75, 3.05) is 11.1 Å². The van der Waals surface area contributed by atoms with E-state index >= 15 is 0 Å². The summed E-state index contributed by atoms with van der Waals surface area (Å²) in [5.41, 5.74) is 2.79. The van der Waals surface area contributed by atoms with Gasteiger partial charge in [-0.15, -0.1) is 5.10 Å². The van der Waals surface area contributed by atoms with Gasteiger partial charge in [-0.1, -0.05) is 60.4 Å². The van der Waals surface area contributed by atoms with Crippen molar-refractivity contribution in [1.82, 2.24) is 25.2 Å². The molecule has 0 saturated heterocycles. The second kappa shape index (κ2) is 10.0. The number of thioether (sulfide) groups is 1. The third kappa shape index (κ3) is 5.46. The Kier molecular flexibility index (Phi) is 7.46. The summed E-state index contributed by atoms with van der Waals surface area (Å²) in [6.45, 7) is 3.94. The molecule has 1 aromatic carbocycles. The number of carbonyl (C=O) groups is 1. The standard InChI is InChI=1S/C19H20Cl2N6OS/c1-3-4-5-13-6-8-14(9-7-13)27-19(24-25-26-27)29-11-16(28)23-18-17(21)12(2)15(20)10-22-18/h6-10H,3-5,11H2,1-2H3,(H,22,23,28). The number of aryl methyl sites for hydroxylation is 1. The number of tetrazole rings is 1. The van der Waals surface area contributed by atoms with Gasteiger partial charge in [-0.25, -0.2) is 4.98 Å². The van der Waals surface area contributed by atoms with E-state index in [9.17, 15) is 4.79 Å². The number of anilines is 1. The molecule has 0 aliphatic rings. The normalized spacial score (nSPS) is 10.9. The van der Waals surface area contributed by atoms with E-state index in [4.69, 9.17) is 23.2 Å². The minimum Gasteiger partial charge on any atom is -0.309 e. The van der Waals surface area contributed by atoms with E-state index in [0.29, 0.717) is 20.8 Å². The maximum absolute atomic E-state index is 12.3. The van der Waals surface area contributed by atoms with E-state index in [1.165, 1.54) is 23.5 Å². The predicted molar refractivity (Wildman–Crippen MR) is 116 cm³/mol.